The SMILES string of the molecule is COCN1C=C2N=C([S])C=C(CO)N2N1. The molecule has 2 rings (SSSR count). The van der Waals surface area contributed by atoms with Gasteiger partial charge in [0.2, 0.25) is 0 Å². The number of methoxy groups -OCH3 is 1. The lowest BCUT2D eigenvalue weighted by atomic mass is 10.3. The summed E-state index contributed by atoms with van der Waals surface area (Å²) in [6.45, 7) is 0.293. The summed E-state index contributed by atoms with van der Waals surface area (Å²) in [5.41, 5.74) is 3.65. The van der Waals surface area contributed by atoms with Crippen LogP contribution in [0, 0.1) is 0 Å². The molecular weight excluding hydrogens is 216 g/mol. The Kier molecular flexibility index (Phi) is 2.87. The maximum Gasteiger partial charge on any atom is 0.168 e. The third kappa shape index (κ3) is 1.95. The molecule has 15 heavy (non-hydrogen) atoms. The topological polar surface area (TPSA) is 60.3 Å². The molecule has 0 aromatic carbocycles. The lowest BCUT2D eigenvalue weighted by Crippen LogP contribution is -2.42. The maximum atomic E-state index is 9.14. The predicted molar refractivity (Wildman–Crippen MR) is 57.0 cm³/mol. The van der Waals surface area contributed by atoms with Crippen molar-refractivity contribution in [1.82, 2.24) is 15.6 Å². The minimum absolute atomic E-state index is 0.0964. The fourth-order valence-electron chi connectivity index (χ4n) is 1.37. The monoisotopic (exact) mass is 227 g/mol. The van der Waals surface area contributed by atoms with Crippen LogP contribution in [-0.2, 0) is 4.74 Å². The Balaban J connectivity index is 2.20. The number of aliphatic hydroxyl groups excluding tert-OH is 1. The molecule has 0 saturated carbocycles. The molecule has 0 fully saturated rings. The van der Waals surface area contributed by atoms with Crippen LogP contribution in [0.3, 0.4) is 0 Å². The molecule has 0 aromatic heterocycles. The molecule has 0 amide bonds. The fourth-order valence-corrected chi connectivity index (χ4v) is 1.60. The molecule has 0 saturated heterocycles. The van der Waals surface area contributed by atoms with E-state index in [-0.39, 0.29) is 6.61 Å². The molecule has 2 heterocycles. The van der Waals surface area contributed by atoms with Crippen LogP contribution in [-0.4, -0.2) is 40.6 Å². The first-order valence-electron chi connectivity index (χ1n) is 4.35. The summed E-state index contributed by atoms with van der Waals surface area (Å²) in [5, 5.41) is 13.0. The molecule has 0 bridgehead atoms. The van der Waals surface area contributed by atoms with Crippen molar-refractivity contribution in [2.75, 3.05) is 20.4 Å². The van der Waals surface area contributed by atoms with Crippen molar-refractivity contribution in [2.24, 2.45) is 4.99 Å². The van der Waals surface area contributed by atoms with E-state index in [0.717, 1.165) is 0 Å². The maximum absolute atomic E-state index is 9.14. The number of aliphatic imine (C=N–C) groups is 1. The lowest BCUT2D eigenvalue weighted by Gasteiger charge is -2.26. The Labute approximate surface area is 92.9 Å². The standard InChI is InChI=1S/C8H11N4O2S/c1-14-5-11-3-7-9-8(15)2-6(4-13)12(7)10-11/h2-3,10,13H,4-5H2,1H3. The lowest BCUT2D eigenvalue weighted by molar-refractivity contribution is 0.0304. The Hall–Kier alpha value is -1.15. The molecule has 0 atom stereocenters. The van der Waals surface area contributed by atoms with Crippen molar-refractivity contribution in [3.63, 3.8) is 0 Å². The van der Waals surface area contributed by atoms with Gasteiger partial charge in [-0.3, -0.25) is 5.01 Å². The summed E-state index contributed by atoms with van der Waals surface area (Å²) < 4.78 is 4.96. The number of hydrazine groups is 2. The first-order chi connectivity index (χ1) is 7.24. The number of aliphatic hydroxyl groups is 1. The summed E-state index contributed by atoms with van der Waals surface area (Å²) in [7, 11) is 1.60. The Morgan fingerprint density at radius 3 is 3.13 bits per heavy atom. The molecule has 0 aromatic rings. The molecule has 2 aliphatic heterocycles. The zero-order valence-electron chi connectivity index (χ0n) is 8.17. The summed E-state index contributed by atoms with van der Waals surface area (Å²) in [4.78, 5) is 4.15. The van der Waals surface area contributed by atoms with Gasteiger partial charge in [0.15, 0.2) is 5.82 Å². The highest BCUT2D eigenvalue weighted by atomic mass is 32.1. The van der Waals surface area contributed by atoms with Gasteiger partial charge < -0.3 is 9.84 Å². The first-order valence-corrected chi connectivity index (χ1v) is 4.76. The smallest absolute Gasteiger partial charge is 0.168 e. The van der Waals surface area contributed by atoms with Crippen molar-refractivity contribution in [3.05, 3.63) is 23.8 Å². The number of nitrogens with one attached hydrogen (secondary N) is 1. The molecular formula is C8H11N4O2S. The van der Waals surface area contributed by atoms with Crippen LogP contribution in [0.1, 0.15) is 0 Å². The zero-order valence-corrected chi connectivity index (χ0v) is 8.99. The van der Waals surface area contributed by atoms with Crippen molar-refractivity contribution in [3.8, 4) is 0 Å². The summed E-state index contributed by atoms with van der Waals surface area (Å²) in [5.74, 6) is 0.656. The van der Waals surface area contributed by atoms with E-state index in [0.29, 0.717) is 23.3 Å². The molecule has 2 N–H and O–H groups in total. The van der Waals surface area contributed by atoms with Crippen LogP contribution in [0.15, 0.2) is 28.8 Å². The van der Waals surface area contributed by atoms with E-state index in [1.54, 1.807) is 29.4 Å². The fraction of sp³-hybridized carbons (Fsp3) is 0.375. The first kappa shape index (κ1) is 10.4. The second-order valence-electron chi connectivity index (χ2n) is 3.05. The van der Waals surface area contributed by atoms with Gasteiger partial charge in [-0.2, -0.15) is 0 Å². The van der Waals surface area contributed by atoms with Gasteiger partial charge in [-0.25, -0.2) is 10.0 Å². The van der Waals surface area contributed by atoms with Gasteiger partial charge in [0.25, 0.3) is 0 Å². The second-order valence-corrected chi connectivity index (χ2v) is 3.47. The number of rotatable bonds is 3. The second kappa shape index (κ2) is 4.15. The zero-order chi connectivity index (χ0) is 10.8. The van der Waals surface area contributed by atoms with E-state index in [1.165, 1.54) is 0 Å². The van der Waals surface area contributed by atoms with E-state index in [9.17, 15) is 0 Å². The molecule has 7 heteroatoms. The largest absolute Gasteiger partial charge is 0.390 e. The summed E-state index contributed by atoms with van der Waals surface area (Å²) in [6, 6.07) is 0. The van der Waals surface area contributed by atoms with E-state index >= 15 is 0 Å². The van der Waals surface area contributed by atoms with Crippen molar-refractivity contribution in [1.29, 1.82) is 0 Å². The summed E-state index contributed by atoms with van der Waals surface area (Å²) >= 11 is 4.98. The number of hydrogen-bond donors (Lipinski definition) is 2. The molecule has 0 spiro atoms. The normalized spacial score (nSPS) is 19.7. The highest BCUT2D eigenvalue weighted by Crippen LogP contribution is 2.22. The average molecular weight is 227 g/mol. The molecule has 0 unspecified atom stereocenters. The highest BCUT2D eigenvalue weighted by molar-refractivity contribution is 7.97. The van der Waals surface area contributed by atoms with Gasteiger partial charge in [-0.15, -0.1) is 5.53 Å². The number of hydrogen-bond acceptors (Lipinski definition) is 6. The van der Waals surface area contributed by atoms with Crippen LogP contribution < -0.4 is 5.53 Å². The van der Waals surface area contributed by atoms with Gasteiger partial charge in [0, 0.05) is 7.11 Å². The van der Waals surface area contributed by atoms with E-state index in [4.69, 9.17) is 22.5 Å². The minimum atomic E-state index is -0.0964. The van der Waals surface area contributed by atoms with Crippen molar-refractivity contribution >= 4 is 17.7 Å². The Morgan fingerprint density at radius 2 is 2.47 bits per heavy atom. The van der Waals surface area contributed by atoms with Gasteiger partial charge in [0.1, 0.15) is 11.8 Å². The van der Waals surface area contributed by atoms with E-state index in [1.807, 2.05) is 0 Å². The molecule has 6 nitrogen and oxygen atoms in total. The van der Waals surface area contributed by atoms with E-state index in [2.05, 4.69) is 10.5 Å². The number of nitrogens with zero attached hydrogens (tertiary/aromatic N) is 3. The van der Waals surface area contributed by atoms with Gasteiger partial charge >= 0.3 is 0 Å². The quantitative estimate of drug-likeness (QED) is 0.705. The predicted octanol–water partition coefficient (Wildman–Crippen LogP) is -0.0878. The van der Waals surface area contributed by atoms with Crippen LogP contribution in [0.2, 0.25) is 0 Å². The number of ether oxygens (including phenoxy) is 1. The Bertz CT molecular complexity index is 353. The third-order valence-corrected chi connectivity index (χ3v) is 2.17. The minimum Gasteiger partial charge on any atom is -0.390 e. The molecule has 1 radical (unpaired) electrons. The highest BCUT2D eigenvalue weighted by Gasteiger charge is 2.26. The average Bonchev–Trinajstić information content (AvgIpc) is 2.59. The van der Waals surface area contributed by atoms with Gasteiger partial charge in [0.05, 0.1) is 18.5 Å². The van der Waals surface area contributed by atoms with Crippen LogP contribution in [0.4, 0.5) is 0 Å². The van der Waals surface area contributed by atoms with Gasteiger partial charge in [-0.1, -0.05) is 12.6 Å². The van der Waals surface area contributed by atoms with Gasteiger partial charge in [-0.05, 0) is 6.08 Å². The van der Waals surface area contributed by atoms with Crippen LogP contribution >= 0.6 is 12.6 Å². The molecule has 2 aliphatic rings. The Morgan fingerprint density at radius 1 is 1.67 bits per heavy atom. The van der Waals surface area contributed by atoms with Crippen molar-refractivity contribution in [2.45, 2.75) is 0 Å². The molecule has 81 valence electrons. The summed E-state index contributed by atoms with van der Waals surface area (Å²) in [6.07, 6.45) is 3.41. The van der Waals surface area contributed by atoms with E-state index < -0.39 is 0 Å². The molecule has 0 aliphatic carbocycles. The number of fused-ring (bicyclic) bond motifs is 1. The van der Waals surface area contributed by atoms with Crippen LogP contribution in [0.25, 0.3) is 0 Å². The van der Waals surface area contributed by atoms with Crippen LogP contribution in [0.5, 0.6) is 0 Å². The third-order valence-electron chi connectivity index (χ3n) is 1.96. The van der Waals surface area contributed by atoms with Crippen molar-refractivity contribution < 1.29 is 9.84 Å².